The summed E-state index contributed by atoms with van der Waals surface area (Å²) < 4.78 is 29.1. The minimum Gasteiger partial charge on any atom is -0.493 e. The van der Waals surface area contributed by atoms with Gasteiger partial charge in [-0.25, -0.2) is 9.59 Å². The van der Waals surface area contributed by atoms with E-state index in [9.17, 15) is 24.3 Å². The maximum atomic E-state index is 12.8. The Hall–Kier alpha value is -5.46. The van der Waals surface area contributed by atoms with E-state index in [1.165, 1.54) is 78.1 Å². The van der Waals surface area contributed by atoms with Crippen molar-refractivity contribution in [3.05, 3.63) is 129 Å². The number of hydrogen-bond acceptors (Lipinski definition) is 11. The lowest BCUT2D eigenvalue weighted by molar-refractivity contribution is -0.171. The largest absolute Gasteiger partial charge is 0.493 e. The predicted molar refractivity (Wildman–Crippen MR) is 304 cm³/mol. The van der Waals surface area contributed by atoms with Crippen LogP contribution in [-0.2, 0) is 14.3 Å². The van der Waals surface area contributed by atoms with E-state index in [-0.39, 0.29) is 11.6 Å². The average molecular weight is 1050 g/mol. The molecule has 10 nitrogen and oxygen atoms in total. The third-order valence-electron chi connectivity index (χ3n) is 12.7. The molecule has 12 heteroatoms. The molecule has 0 atom stereocenters. The number of esters is 1. The first-order chi connectivity index (χ1) is 35.0. The molecule has 0 bridgehead atoms. The quantitative estimate of drug-likeness (QED) is 0.0347. The second-order valence-corrected chi connectivity index (χ2v) is 24.2. The summed E-state index contributed by atoms with van der Waals surface area (Å²) in [5.41, 5.74) is 3.27. The van der Waals surface area contributed by atoms with Crippen molar-refractivity contribution < 1.29 is 48.0 Å². The van der Waals surface area contributed by atoms with Crippen LogP contribution in [0.2, 0.25) is 0 Å². The standard InChI is InChI=1S/C33H44O5S.C29H36O5S/c1-23-21-25(22-24(2)30(23)37-33(6,7)31(35)38-32(3,4)5)13-18-29(34)26-14-16-27(17-15-26)36-19-20-39-28-11-9-8-10-12-28;1-20-18-22(19-21(2)27(20)34-29(3,4)28(31)32)10-15-26(30)23-11-13-24(14-12-23)33-16-17-35-25-8-6-5-7-9-25/h13-18,21-22,28H,8-12,19-20H2,1-7H3;10-15,18-19,25H,5-9,16-17H2,1-4H3,(H,31,32)/b18-13+;15-10+. The summed E-state index contributed by atoms with van der Waals surface area (Å²) in [7, 11) is 0. The monoisotopic (exact) mass is 1050 g/mol. The average Bonchev–Trinajstić information content (AvgIpc) is 3.35. The molecule has 0 aromatic heterocycles. The molecule has 4 aromatic rings. The fraction of sp³-hybridized carbons (Fsp3) is 0.484. The van der Waals surface area contributed by atoms with Crippen molar-refractivity contribution in [1.82, 2.24) is 0 Å². The number of carbonyl (C=O) groups excluding carboxylic acids is 3. The number of carboxylic acids is 1. The molecule has 400 valence electrons. The summed E-state index contributed by atoms with van der Waals surface area (Å²) in [4.78, 5) is 49.4. The maximum Gasteiger partial charge on any atom is 0.350 e. The van der Waals surface area contributed by atoms with Gasteiger partial charge in [0.1, 0.15) is 28.6 Å². The van der Waals surface area contributed by atoms with Gasteiger partial charge in [-0.3, -0.25) is 9.59 Å². The molecule has 1 N–H and O–H groups in total. The summed E-state index contributed by atoms with van der Waals surface area (Å²) in [5, 5.41) is 10.9. The van der Waals surface area contributed by atoms with Crippen LogP contribution in [0, 0.1) is 27.7 Å². The van der Waals surface area contributed by atoms with Crippen LogP contribution < -0.4 is 18.9 Å². The molecule has 4 aromatic carbocycles. The zero-order chi connectivity index (χ0) is 54.1. The smallest absolute Gasteiger partial charge is 0.350 e. The molecule has 0 spiro atoms. The van der Waals surface area contributed by atoms with Gasteiger partial charge in [0.15, 0.2) is 22.8 Å². The lowest BCUT2D eigenvalue weighted by Crippen LogP contribution is -2.43. The van der Waals surface area contributed by atoms with Crippen molar-refractivity contribution in [3.8, 4) is 23.0 Å². The van der Waals surface area contributed by atoms with E-state index in [1.54, 1.807) is 50.3 Å². The lowest BCUT2D eigenvalue weighted by Gasteiger charge is -2.30. The lowest BCUT2D eigenvalue weighted by atomic mass is 10.0. The fourth-order valence-electron chi connectivity index (χ4n) is 8.66. The highest BCUT2D eigenvalue weighted by Crippen LogP contribution is 2.33. The molecular weight excluding hydrogens is 969 g/mol. The van der Waals surface area contributed by atoms with Crippen LogP contribution in [0.25, 0.3) is 12.2 Å². The summed E-state index contributed by atoms with van der Waals surface area (Å²) in [6.45, 7) is 20.9. The van der Waals surface area contributed by atoms with Gasteiger partial charge < -0.3 is 28.8 Å². The highest BCUT2D eigenvalue weighted by molar-refractivity contribution is 8.00. The molecule has 0 saturated heterocycles. The van der Waals surface area contributed by atoms with Crippen LogP contribution >= 0.6 is 23.5 Å². The summed E-state index contributed by atoms with van der Waals surface area (Å²) in [5.74, 6) is 3.13. The molecule has 0 unspecified atom stereocenters. The Kier molecular flexibility index (Phi) is 22.4. The molecule has 0 heterocycles. The van der Waals surface area contributed by atoms with Gasteiger partial charge >= 0.3 is 11.9 Å². The van der Waals surface area contributed by atoms with E-state index in [4.69, 9.17) is 23.7 Å². The number of aryl methyl sites for hydroxylation is 4. The topological polar surface area (TPSA) is 135 Å². The third kappa shape index (κ3) is 19.3. The van der Waals surface area contributed by atoms with Crippen LogP contribution in [0.3, 0.4) is 0 Å². The van der Waals surface area contributed by atoms with Gasteiger partial charge in [0.25, 0.3) is 0 Å². The number of ether oxygens (including phenoxy) is 5. The molecular formula is C62H80O10S2. The molecule has 0 aliphatic heterocycles. The molecule has 2 saturated carbocycles. The molecule has 74 heavy (non-hydrogen) atoms. The first-order valence-corrected chi connectivity index (χ1v) is 28.3. The van der Waals surface area contributed by atoms with Crippen LogP contribution in [0.15, 0.2) is 84.9 Å². The number of benzene rings is 4. The molecule has 2 aliphatic rings. The van der Waals surface area contributed by atoms with Gasteiger partial charge in [0.05, 0.1) is 13.2 Å². The number of rotatable bonds is 22. The second-order valence-electron chi connectivity index (χ2n) is 21.4. The van der Waals surface area contributed by atoms with Crippen LogP contribution in [0.5, 0.6) is 23.0 Å². The SMILES string of the molecule is Cc1cc(/C=C/C(=O)c2ccc(OCCSC3CCCCC3)cc2)cc(C)c1OC(C)(C)C(=O)O.Cc1cc(/C=C/C(=O)c2ccc(OCCSC3CCCCC3)cc2)cc(C)c1OC(C)(C)C(=O)OC(C)(C)C. The van der Waals surface area contributed by atoms with Crippen molar-refractivity contribution in [1.29, 1.82) is 0 Å². The fourth-order valence-corrected chi connectivity index (χ4v) is 11.0. The number of ketones is 2. The number of hydrogen-bond donors (Lipinski definition) is 1. The van der Waals surface area contributed by atoms with E-state index in [0.29, 0.717) is 35.8 Å². The zero-order valence-electron chi connectivity index (χ0n) is 45.7. The number of allylic oxidation sites excluding steroid dienone is 2. The van der Waals surface area contributed by atoms with E-state index in [2.05, 4.69) is 0 Å². The zero-order valence-corrected chi connectivity index (χ0v) is 47.4. The normalized spacial score (nSPS) is 14.8. The second kappa shape index (κ2) is 27.9. The minimum atomic E-state index is -1.33. The Bertz CT molecular complexity index is 2510. The maximum absolute atomic E-state index is 12.8. The van der Waals surface area contributed by atoms with Gasteiger partial charge in [-0.15, -0.1) is 0 Å². The van der Waals surface area contributed by atoms with Crippen molar-refractivity contribution in [2.75, 3.05) is 24.7 Å². The first kappa shape index (κ1) is 59.4. The number of carbonyl (C=O) groups is 4. The number of carboxylic acid groups (broad SMARTS) is 1. The van der Waals surface area contributed by atoms with Gasteiger partial charge in [-0.1, -0.05) is 50.7 Å². The first-order valence-electron chi connectivity index (χ1n) is 26.2. The predicted octanol–water partition coefficient (Wildman–Crippen LogP) is 15.0. The van der Waals surface area contributed by atoms with Crippen molar-refractivity contribution >= 4 is 59.2 Å². The summed E-state index contributed by atoms with van der Waals surface area (Å²) in [6.07, 6.45) is 20.2. The number of thioether (sulfide) groups is 2. The Labute approximate surface area is 449 Å². The van der Waals surface area contributed by atoms with Gasteiger partial charge in [0.2, 0.25) is 0 Å². The third-order valence-corrected chi connectivity index (χ3v) is 15.4. The van der Waals surface area contributed by atoms with Crippen molar-refractivity contribution in [2.45, 2.75) is 168 Å². The van der Waals surface area contributed by atoms with Crippen LogP contribution in [-0.4, -0.2) is 80.6 Å². The van der Waals surface area contributed by atoms with Crippen molar-refractivity contribution in [3.63, 3.8) is 0 Å². The van der Waals surface area contributed by atoms with Gasteiger partial charge in [0, 0.05) is 33.1 Å². The molecule has 2 aliphatic carbocycles. The van der Waals surface area contributed by atoms with Gasteiger partial charge in [-0.2, -0.15) is 23.5 Å². The Morgan fingerprint density at radius 3 is 1.23 bits per heavy atom. The summed E-state index contributed by atoms with van der Waals surface area (Å²) in [6, 6.07) is 22.3. The Morgan fingerprint density at radius 1 is 0.541 bits per heavy atom. The van der Waals surface area contributed by atoms with Crippen molar-refractivity contribution in [2.24, 2.45) is 0 Å². The van der Waals surface area contributed by atoms with E-state index in [1.807, 2.05) is 133 Å². The molecule has 2 fully saturated rings. The number of aliphatic carboxylic acids is 1. The van der Waals surface area contributed by atoms with Crippen LogP contribution in [0.1, 0.15) is 167 Å². The minimum absolute atomic E-state index is 0.0731. The van der Waals surface area contributed by atoms with E-state index >= 15 is 0 Å². The van der Waals surface area contributed by atoms with E-state index < -0.39 is 28.7 Å². The van der Waals surface area contributed by atoms with Gasteiger partial charge in [-0.05, 0) is 220 Å². The highest BCUT2D eigenvalue weighted by Gasteiger charge is 2.36. The van der Waals surface area contributed by atoms with E-state index in [0.717, 1.165) is 66.9 Å². The Balaban J connectivity index is 0.000000276. The summed E-state index contributed by atoms with van der Waals surface area (Å²) >= 11 is 4.03. The Morgan fingerprint density at radius 2 is 0.892 bits per heavy atom. The molecule has 6 rings (SSSR count). The molecule has 0 radical (unpaired) electrons. The molecule has 0 amide bonds. The highest BCUT2D eigenvalue weighted by atomic mass is 32.2. The van der Waals surface area contributed by atoms with Crippen LogP contribution in [0.4, 0.5) is 0 Å².